The summed E-state index contributed by atoms with van der Waals surface area (Å²) in [6.45, 7) is 4.39. The van der Waals surface area contributed by atoms with Crippen LogP contribution < -0.4 is 10.1 Å². The van der Waals surface area contributed by atoms with Crippen LogP contribution in [0.2, 0.25) is 0 Å². The highest BCUT2D eigenvalue weighted by atomic mass is 32.2. The zero-order chi connectivity index (χ0) is 15.9. The van der Waals surface area contributed by atoms with Gasteiger partial charge in [-0.3, -0.25) is 4.79 Å². The average molecular weight is 315 g/mol. The second-order valence-corrected chi connectivity index (χ2v) is 6.00. The number of hydrogen-bond acceptors (Lipinski definition) is 3. The van der Waals surface area contributed by atoms with Crippen LogP contribution in [0.4, 0.5) is 0 Å². The Morgan fingerprint density at radius 3 is 2.59 bits per heavy atom. The normalized spacial score (nSPS) is 11.8. The molecule has 0 aliphatic heterocycles. The Balaban J connectivity index is 1.93. The molecule has 2 aromatic rings. The van der Waals surface area contributed by atoms with Gasteiger partial charge in [-0.2, -0.15) is 0 Å². The number of hydrogen-bond donors (Lipinski definition) is 1. The summed E-state index contributed by atoms with van der Waals surface area (Å²) in [7, 11) is 0. The predicted octanol–water partition coefficient (Wildman–Crippen LogP) is 3.91. The standard InChI is InChI=1S/C18H21NO2S/c1-13-8-4-6-10-16(13)21-12-14(2)19-18(20)15-9-5-7-11-17(15)22-3/h4-11,14H,12H2,1-3H3,(H,19,20). The van der Waals surface area contributed by atoms with Gasteiger partial charge in [0, 0.05) is 4.90 Å². The molecule has 0 fully saturated rings. The Bertz CT molecular complexity index is 642. The average Bonchev–Trinajstić information content (AvgIpc) is 2.54. The Morgan fingerprint density at radius 2 is 1.86 bits per heavy atom. The summed E-state index contributed by atoms with van der Waals surface area (Å²) in [4.78, 5) is 13.3. The number of ether oxygens (including phenoxy) is 1. The van der Waals surface area contributed by atoms with Gasteiger partial charge in [0.15, 0.2) is 0 Å². The molecule has 2 rings (SSSR count). The van der Waals surface area contributed by atoms with Crippen LogP contribution in [0.3, 0.4) is 0 Å². The van der Waals surface area contributed by atoms with Crippen molar-refractivity contribution < 1.29 is 9.53 Å². The van der Waals surface area contributed by atoms with Gasteiger partial charge in [-0.25, -0.2) is 0 Å². The molecule has 0 aromatic heterocycles. The van der Waals surface area contributed by atoms with Gasteiger partial charge in [-0.05, 0) is 43.9 Å². The van der Waals surface area contributed by atoms with Crippen molar-refractivity contribution in [2.75, 3.05) is 12.9 Å². The summed E-state index contributed by atoms with van der Waals surface area (Å²) in [6.07, 6.45) is 1.97. The Labute approximate surface area is 136 Å². The largest absolute Gasteiger partial charge is 0.491 e. The lowest BCUT2D eigenvalue weighted by Crippen LogP contribution is -2.37. The summed E-state index contributed by atoms with van der Waals surface area (Å²) in [5, 5.41) is 2.98. The maximum absolute atomic E-state index is 12.3. The lowest BCUT2D eigenvalue weighted by Gasteiger charge is -2.17. The van der Waals surface area contributed by atoms with Gasteiger partial charge in [-0.1, -0.05) is 30.3 Å². The third-order valence-electron chi connectivity index (χ3n) is 3.31. The van der Waals surface area contributed by atoms with Gasteiger partial charge in [0.2, 0.25) is 0 Å². The van der Waals surface area contributed by atoms with Gasteiger partial charge in [0.1, 0.15) is 12.4 Å². The lowest BCUT2D eigenvalue weighted by molar-refractivity contribution is 0.0923. The SMILES string of the molecule is CSc1ccccc1C(=O)NC(C)COc1ccccc1C. The maximum atomic E-state index is 12.3. The topological polar surface area (TPSA) is 38.3 Å². The lowest BCUT2D eigenvalue weighted by atomic mass is 10.2. The number of para-hydroxylation sites is 1. The van der Waals surface area contributed by atoms with Crippen LogP contribution in [0, 0.1) is 6.92 Å². The fraction of sp³-hybridized carbons (Fsp3) is 0.278. The van der Waals surface area contributed by atoms with Crippen molar-refractivity contribution in [3.63, 3.8) is 0 Å². The minimum Gasteiger partial charge on any atom is -0.491 e. The number of nitrogens with one attached hydrogen (secondary N) is 1. The quantitative estimate of drug-likeness (QED) is 0.821. The fourth-order valence-corrected chi connectivity index (χ4v) is 2.70. The van der Waals surface area contributed by atoms with Crippen molar-refractivity contribution in [3.8, 4) is 5.75 Å². The molecule has 0 saturated heterocycles. The molecule has 0 saturated carbocycles. The number of benzene rings is 2. The fourth-order valence-electron chi connectivity index (χ4n) is 2.11. The minimum atomic E-state index is -0.0676. The van der Waals surface area contributed by atoms with Crippen LogP contribution in [0.1, 0.15) is 22.8 Å². The molecule has 4 heteroatoms. The molecule has 1 atom stereocenters. The van der Waals surface area contributed by atoms with Crippen molar-refractivity contribution >= 4 is 17.7 Å². The molecule has 1 unspecified atom stereocenters. The van der Waals surface area contributed by atoms with E-state index in [1.807, 2.05) is 68.6 Å². The van der Waals surface area contributed by atoms with E-state index in [1.54, 1.807) is 11.8 Å². The first kappa shape index (κ1) is 16.4. The molecule has 22 heavy (non-hydrogen) atoms. The van der Waals surface area contributed by atoms with E-state index in [2.05, 4.69) is 5.32 Å². The van der Waals surface area contributed by atoms with Crippen LogP contribution in [0.15, 0.2) is 53.4 Å². The molecular formula is C18H21NO2S. The van der Waals surface area contributed by atoms with E-state index in [0.29, 0.717) is 12.2 Å². The van der Waals surface area contributed by atoms with Crippen molar-refractivity contribution in [3.05, 3.63) is 59.7 Å². The van der Waals surface area contributed by atoms with Gasteiger partial charge >= 0.3 is 0 Å². The highest BCUT2D eigenvalue weighted by molar-refractivity contribution is 7.98. The Morgan fingerprint density at radius 1 is 1.18 bits per heavy atom. The summed E-state index contributed by atoms with van der Waals surface area (Å²) in [5.41, 5.74) is 1.80. The van der Waals surface area contributed by atoms with Crippen LogP contribution in [0.25, 0.3) is 0 Å². The number of carbonyl (C=O) groups is 1. The molecule has 2 aromatic carbocycles. The number of thioether (sulfide) groups is 1. The second kappa shape index (κ2) is 7.90. The molecule has 3 nitrogen and oxygen atoms in total. The molecule has 116 valence electrons. The van der Waals surface area contributed by atoms with E-state index in [-0.39, 0.29) is 11.9 Å². The van der Waals surface area contributed by atoms with E-state index >= 15 is 0 Å². The van der Waals surface area contributed by atoms with Gasteiger partial charge in [0.25, 0.3) is 5.91 Å². The first-order valence-corrected chi connectivity index (χ1v) is 8.46. The number of amides is 1. The zero-order valence-corrected chi connectivity index (χ0v) is 13.9. The molecule has 0 aliphatic rings. The van der Waals surface area contributed by atoms with Crippen molar-refractivity contribution in [1.29, 1.82) is 0 Å². The van der Waals surface area contributed by atoms with Crippen molar-refractivity contribution in [1.82, 2.24) is 5.32 Å². The summed E-state index contributed by atoms with van der Waals surface area (Å²) >= 11 is 1.57. The highest BCUT2D eigenvalue weighted by Gasteiger charge is 2.13. The maximum Gasteiger partial charge on any atom is 0.252 e. The van der Waals surface area contributed by atoms with Gasteiger partial charge in [-0.15, -0.1) is 11.8 Å². The minimum absolute atomic E-state index is 0.0640. The monoisotopic (exact) mass is 315 g/mol. The smallest absolute Gasteiger partial charge is 0.252 e. The van der Waals surface area contributed by atoms with Crippen molar-refractivity contribution in [2.24, 2.45) is 0 Å². The van der Waals surface area contributed by atoms with E-state index < -0.39 is 0 Å². The molecule has 0 bridgehead atoms. The number of aryl methyl sites for hydroxylation is 1. The summed E-state index contributed by atoms with van der Waals surface area (Å²) in [5.74, 6) is 0.791. The van der Waals surface area contributed by atoms with Crippen molar-refractivity contribution in [2.45, 2.75) is 24.8 Å². The number of carbonyl (C=O) groups excluding carboxylic acids is 1. The predicted molar refractivity (Wildman–Crippen MR) is 91.8 cm³/mol. The molecule has 0 aliphatic carbocycles. The van der Waals surface area contributed by atoms with E-state index in [4.69, 9.17) is 4.74 Å². The van der Waals surface area contributed by atoms with Crippen LogP contribution in [0.5, 0.6) is 5.75 Å². The second-order valence-electron chi connectivity index (χ2n) is 5.15. The van der Waals surface area contributed by atoms with Crippen LogP contribution >= 0.6 is 11.8 Å². The number of rotatable bonds is 6. The summed E-state index contributed by atoms with van der Waals surface area (Å²) < 4.78 is 5.77. The first-order chi connectivity index (χ1) is 10.6. The Kier molecular flexibility index (Phi) is 5.90. The van der Waals surface area contributed by atoms with Crippen LogP contribution in [-0.2, 0) is 0 Å². The van der Waals surface area contributed by atoms with E-state index in [0.717, 1.165) is 16.2 Å². The third-order valence-corrected chi connectivity index (χ3v) is 4.11. The molecule has 0 heterocycles. The first-order valence-electron chi connectivity index (χ1n) is 7.24. The third kappa shape index (κ3) is 4.28. The van der Waals surface area contributed by atoms with E-state index in [1.165, 1.54) is 0 Å². The summed E-state index contributed by atoms with van der Waals surface area (Å²) in [6, 6.07) is 15.4. The molecule has 0 spiro atoms. The molecule has 1 amide bonds. The van der Waals surface area contributed by atoms with E-state index in [9.17, 15) is 4.79 Å². The molecule has 0 radical (unpaired) electrons. The Hall–Kier alpha value is -1.94. The van der Waals surface area contributed by atoms with Gasteiger partial charge in [0.05, 0.1) is 11.6 Å². The zero-order valence-electron chi connectivity index (χ0n) is 13.1. The molecule has 1 N–H and O–H groups in total. The highest BCUT2D eigenvalue weighted by Crippen LogP contribution is 2.20. The molecular weight excluding hydrogens is 294 g/mol. The van der Waals surface area contributed by atoms with Crippen LogP contribution in [-0.4, -0.2) is 24.8 Å². The van der Waals surface area contributed by atoms with Gasteiger partial charge < -0.3 is 10.1 Å².